The summed E-state index contributed by atoms with van der Waals surface area (Å²) in [6.07, 6.45) is 13.2. The molecule has 0 aliphatic heterocycles. The summed E-state index contributed by atoms with van der Waals surface area (Å²) in [5.74, 6) is 1.24. The Morgan fingerprint density at radius 3 is 2.30 bits per heavy atom. The van der Waals surface area contributed by atoms with Gasteiger partial charge in [0.25, 0.3) is 0 Å². The first-order valence-corrected chi connectivity index (χ1v) is 14.3. The lowest BCUT2D eigenvalue weighted by Gasteiger charge is -2.29. The number of unbranched alkanes of at least 4 members (excludes halogenated alkanes) is 2. The third kappa shape index (κ3) is 9.47. The zero-order valence-corrected chi connectivity index (χ0v) is 22.9. The predicted octanol–water partition coefficient (Wildman–Crippen LogP) is 7.27. The van der Waals surface area contributed by atoms with Gasteiger partial charge in [-0.2, -0.15) is 0 Å². The summed E-state index contributed by atoms with van der Waals surface area (Å²) >= 11 is 0. The summed E-state index contributed by atoms with van der Waals surface area (Å²) in [4.78, 5) is 11.8. The molecule has 0 aromatic heterocycles. The predicted molar refractivity (Wildman–Crippen MR) is 154 cm³/mol. The van der Waals surface area contributed by atoms with Crippen molar-refractivity contribution in [1.82, 2.24) is 0 Å². The van der Waals surface area contributed by atoms with Crippen molar-refractivity contribution in [2.75, 3.05) is 6.61 Å². The number of aryl methyl sites for hydroxylation is 1. The van der Waals surface area contributed by atoms with Gasteiger partial charge < -0.3 is 14.8 Å². The molecule has 1 aliphatic rings. The Hall–Kier alpha value is -2.37. The van der Waals surface area contributed by atoms with Crippen LogP contribution < -0.4 is 0 Å². The van der Waals surface area contributed by atoms with E-state index >= 15 is 0 Å². The minimum atomic E-state index is -1.28. The van der Waals surface area contributed by atoms with Gasteiger partial charge in [-0.25, -0.2) is 4.79 Å². The van der Waals surface area contributed by atoms with E-state index in [1.54, 1.807) is 6.92 Å². The molecule has 5 heteroatoms. The molecule has 4 nitrogen and oxygen atoms in total. The van der Waals surface area contributed by atoms with Crippen LogP contribution in [0.25, 0.3) is 11.1 Å². The van der Waals surface area contributed by atoms with Gasteiger partial charge in [0.15, 0.2) is 0 Å². The number of esters is 1. The Balaban J connectivity index is 1.65. The molecule has 1 saturated carbocycles. The first kappa shape index (κ1) is 29.2. The van der Waals surface area contributed by atoms with Crippen LogP contribution in [-0.4, -0.2) is 29.7 Å². The summed E-state index contributed by atoms with van der Waals surface area (Å²) < 4.78 is 5.35. The van der Waals surface area contributed by atoms with Gasteiger partial charge in [-0.15, -0.1) is 0 Å². The van der Waals surface area contributed by atoms with Gasteiger partial charge in [-0.1, -0.05) is 88.1 Å². The fraction of sp³-hybridized carbons (Fsp3) is 0.531. The molecule has 2 aromatic rings. The minimum Gasteiger partial charge on any atom is -0.462 e. The SMILES string of the molecule is C=C(C)C(=O)OCCc1cc(-c2ccc(C3CCC(CCCCC)CC3)cc2)ccc1CCCB(O)O. The van der Waals surface area contributed by atoms with E-state index in [9.17, 15) is 14.8 Å². The number of hydrogen-bond acceptors (Lipinski definition) is 4. The summed E-state index contributed by atoms with van der Waals surface area (Å²) in [5, 5.41) is 18.4. The maximum atomic E-state index is 11.8. The van der Waals surface area contributed by atoms with Crippen molar-refractivity contribution < 1.29 is 19.6 Å². The molecule has 1 fully saturated rings. The van der Waals surface area contributed by atoms with E-state index < -0.39 is 7.12 Å². The van der Waals surface area contributed by atoms with E-state index in [1.807, 2.05) is 0 Å². The van der Waals surface area contributed by atoms with Crippen LogP contribution in [0.5, 0.6) is 0 Å². The summed E-state index contributed by atoms with van der Waals surface area (Å²) in [6, 6.07) is 15.6. The zero-order chi connectivity index (χ0) is 26.6. The van der Waals surface area contributed by atoms with Gasteiger partial charge in [0, 0.05) is 12.0 Å². The van der Waals surface area contributed by atoms with Gasteiger partial charge >= 0.3 is 13.1 Å². The molecule has 0 saturated heterocycles. The maximum Gasteiger partial charge on any atom is 0.451 e. The topological polar surface area (TPSA) is 66.8 Å². The van der Waals surface area contributed by atoms with Crippen LogP contribution in [0.1, 0.15) is 94.2 Å². The number of carbonyl (C=O) groups excluding carboxylic acids is 1. The highest BCUT2D eigenvalue weighted by Gasteiger charge is 2.22. The number of benzene rings is 2. The highest BCUT2D eigenvalue weighted by Crippen LogP contribution is 2.38. The number of hydrogen-bond donors (Lipinski definition) is 2. The summed E-state index contributed by atoms with van der Waals surface area (Å²) in [5.41, 5.74) is 6.48. The average Bonchev–Trinajstić information content (AvgIpc) is 2.90. The molecule has 0 radical (unpaired) electrons. The van der Waals surface area contributed by atoms with Gasteiger partial charge in [0.1, 0.15) is 0 Å². The van der Waals surface area contributed by atoms with Gasteiger partial charge in [-0.3, -0.25) is 0 Å². The van der Waals surface area contributed by atoms with E-state index in [-0.39, 0.29) is 5.97 Å². The number of ether oxygens (including phenoxy) is 1. The van der Waals surface area contributed by atoms with Crippen LogP contribution in [-0.2, 0) is 22.4 Å². The quantitative estimate of drug-likeness (QED) is 0.123. The van der Waals surface area contributed by atoms with Crippen molar-refractivity contribution in [3.05, 3.63) is 71.3 Å². The second-order valence-electron chi connectivity index (χ2n) is 10.9. The molecular weight excluding hydrogens is 459 g/mol. The van der Waals surface area contributed by atoms with Crippen LogP contribution in [0.3, 0.4) is 0 Å². The van der Waals surface area contributed by atoms with Gasteiger partial charge in [0.05, 0.1) is 6.61 Å². The lowest BCUT2D eigenvalue weighted by Crippen LogP contribution is -2.13. The lowest BCUT2D eigenvalue weighted by molar-refractivity contribution is -0.138. The zero-order valence-electron chi connectivity index (χ0n) is 22.9. The number of rotatable bonds is 14. The molecule has 1 aliphatic carbocycles. The van der Waals surface area contributed by atoms with Gasteiger partial charge in [-0.05, 0) is 85.0 Å². The van der Waals surface area contributed by atoms with E-state index in [1.165, 1.54) is 62.5 Å². The lowest BCUT2D eigenvalue weighted by atomic mass is 9.77. The molecule has 0 atom stereocenters. The monoisotopic (exact) mass is 504 g/mol. The molecule has 0 heterocycles. The first-order chi connectivity index (χ1) is 17.9. The summed E-state index contributed by atoms with van der Waals surface area (Å²) in [7, 11) is -1.28. The molecule has 0 bridgehead atoms. The highest BCUT2D eigenvalue weighted by atomic mass is 16.5. The number of carbonyl (C=O) groups is 1. The van der Waals surface area contributed by atoms with Crippen LogP contribution in [0.15, 0.2) is 54.6 Å². The van der Waals surface area contributed by atoms with E-state index in [4.69, 9.17) is 4.74 Å². The first-order valence-electron chi connectivity index (χ1n) is 14.3. The average molecular weight is 505 g/mol. The Bertz CT molecular complexity index is 990. The second-order valence-corrected chi connectivity index (χ2v) is 10.9. The third-order valence-corrected chi connectivity index (χ3v) is 7.85. The van der Waals surface area contributed by atoms with E-state index in [2.05, 4.69) is 56.0 Å². The van der Waals surface area contributed by atoms with Crippen molar-refractivity contribution in [2.45, 2.75) is 96.7 Å². The maximum absolute atomic E-state index is 11.8. The standard InChI is InChI=1S/C32H45BO4/c1-4-5-6-8-25-10-12-27(13-11-25)28-14-16-29(17-15-28)30-19-18-26(9-7-21-33(35)36)31(23-30)20-22-37-32(34)24(2)3/h14-19,23,25,27,35-36H,2,4-13,20-22H2,1,3H3. The molecular formula is C32H45BO4. The van der Waals surface area contributed by atoms with E-state index in [0.717, 1.165) is 29.0 Å². The second kappa shape index (κ2) is 15.1. The molecule has 2 aromatic carbocycles. The van der Waals surface area contributed by atoms with Crippen LogP contribution in [0, 0.1) is 5.92 Å². The Labute approximate surface area is 224 Å². The highest BCUT2D eigenvalue weighted by molar-refractivity contribution is 6.40. The Morgan fingerprint density at radius 1 is 0.946 bits per heavy atom. The van der Waals surface area contributed by atoms with Crippen molar-refractivity contribution in [3.8, 4) is 11.1 Å². The molecule has 0 spiro atoms. The molecule has 3 rings (SSSR count). The smallest absolute Gasteiger partial charge is 0.451 e. The molecule has 0 amide bonds. The van der Waals surface area contributed by atoms with Crippen molar-refractivity contribution in [2.24, 2.45) is 5.92 Å². The Morgan fingerprint density at radius 2 is 1.65 bits per heavy atom. The van der Waals surface area contributed by atoms with Gasteiger partial charge in [0.2, 0.25) is 0 Å². The molecule has 2 N–H and O–H groups in total. The minimum absolute atomic E-state index is 0.296. The third-order valence-electron chi connectivity index (χ3n) is 7.85. The normalized spacial score (nSPS) is 17.4. The van der Waals surface area contributed by atoms with Crippen LogP contribution in [0.4, 0.5) is 0 Å². The molecule has 37 heavy (non-hydrogen) atoms. The fourth-order valence-electron chi connectivity index (χ4n) is 5.55. The Kier molecular flexibility index (Phi) is 11.9. The fourth-order valence-corrected chi connectivity index (χ4v) is 5.55. The van der Waals surface area contributed by atoms with Crippen molar-refractivity contribution in [3.63, 3.8) is 0 Å². The van der Waals surface area contributed by atoms with Crippen molar-refractivity contribution in [1.29, 1.82) is 0 Å². The summed E-state index contributed by atoms with van der Waals surface area (Å²) in [6.45, 7) is 7.87. The van der Waals surface area contributed by atoms with E-state index in [0.29, 0.717) is 37.3 Å². The van der Waals surface area contributed by atoms with Crippen LogP contribution in [0.2, 0.25) is 6.32 Å². The largest absolute Gasteiger partial charge is 0.462 e. The molecule has 0 unspecified atom stereocenters. The van der Waals surface area contributed by atoms with Crippen LogP contribution >= 0.6 is 0 Å². The molecule has 200 valence electrons. The van der Waals surface area contributed by atoms with Crippen molar-refractivity contribution >= 4 is 13.1 Å².